The topological polar surface area (TPSA) is 34.1 Å². The van der Waals surface area contributed by atoms with Crippen molar-refractivity contribution in [2.75, 3.05) is 5.75 Å². The first-order valence-electron chi connectivity index (χ1n) is 4.63. The van der Waals surface area contributed by atoms with Crippen molar-refractivity contribution in [3.05, 3.63) is 0 Å². The molecule has 0 spiro atoms. The standard InChI is InChI=1S/C8H12F4O2S/c9-6-2-1-3-7(4-6)15(13,14)5-8(10,11)12/h6-7H,1-5H2. The van der Waals surface area contributed by atoms with E-state index in [-0.39, 0.29) is 19.3 Å². The third kappa shape index (κ3) is 3.96. The Morgan fingerprint density at radius 3 is 2.27 bits per heavy atom. The molecule has 90 valence electrons. The van der Waals surface area contributed by atoms with Crippen molar-refractivity contribution in [1.29, 1.82) is 0 Å². The van der Waals surface area contributed by atoms with E-state index in [0.717, 1.165) is 0 Å². The number of hydrogen-bond donors (Lipinski definition) is 0. The summed E-state index contributed by atoms with van der Waals surface area (Å²) in [7, 11) is -4.24. The summed E-state index contributed by atoms with van der Waals surface area (Å²) in [5.74, 6) is -1.84. The van der Waals surface area contributed by atoms with Crippen LogP contribution in [0.1, 0.15) is 25.7 Å². The molecule has 0 aromatic rings. The van der Waals surface area contributed by atoms with Gasteiger partial charge in [0, 0.05) is 0 Å². The van der Waals surface area contributed by atoms with Gasteiger partial charge in [-0.05, 0) is 25.7 Å². The highest BCUT2D eigenvalue weighted by molar-refractivity contribution is 7.92. The summed E-state index contributed by atoms with van der Waals surface area (Å²) in [4.78, 5) is 0. The van der Waals surface area contributed by atoms with Crippen LogP contribution in [0.25, 0.3) is 0 Å². The molecule has 1 fully saturated rings. The normalized spacial score (nSPS) is 29.1. The molecule has 0 N–H and O–H groups in total. The van der Waals surface area contributed by atoms with Gasteiger partial charge in [-0.1, -0.05) is 0 Å². The Morgan fingerprint density at radius 2 is 1.80 bits per heavy atom. The van der Waals surface area contributed by atoms with Gasteiger partial charge in [0.2, 0.25) is 0 Å². The van der Waals surface area contributed by atoms with E-state index in [1.54, 1.807) is 0 Å². The van der Waals surface area contributed by atoms with E-state index in [4.69, 9.17) is 0 Å². The average Bonchev–Trinajstić information content (AvgIpc) is 1.99. The molecule has 2 nitrogen and oxygen atoms in total. The molecule has 2 unspecified atom stereocenters. The Bertz CT molecular complexity index is 309. The number of sulfone groups is 1. The minimum atomic E-state index is -4.73. The molecular formula is C8H12F4O2S. The van der Waals surface area contributed by atoms with E-state index in [2.05, 4.69) is 0 Å². The van der Waals surface area contributed by atoms with Crippen LogP contribution in [-0.2, 0) is 9.84 Å². The van der Waals surface area contributed by atoms with Gasteiger partial charge >= 0.3 is 6.18 Å². The second-order valence-electron chi connectivity index (χ2n) is 3.81. The van der Waals surface area contributed by atoms with E-state index in [1.807, 2.05) is 0 Å². The molecule has 0 aromatic carbocycles. The Labute approximate surface area is 85.6 Å². The Morgan fingerprint density at radius 1 is 1.20 bits per heavy atom. The molecule has 2 atom stereocenters. The Balaban J connectivity index is 2.69. The molecule has 1 aliphatic carbocycles. The van der Waals surface area contributed by atoms with Crippen LogP contribution in [0.3, 0.4) is 0 Å². The zero-order chi connectivity index (χ0) is 11.7. The van der Waals surface area contributed by atoms with Crippen molar-refractivity contribution in [3.63, 3.8) is 0 Å². The highest BCUT2D eigenvalue weighted by Gasteiger charge is 2.40. The summed E-state index contributed by atoms with van der Waals surface area (Å²) in [5.41, 5.74) is 0. The first kappa shape index (κ1) is 12.7. The molecule has 7 heteroatoms. The van der Waals surface area contributed by atoms with Gasteiger partial charge in [0.05, 0.1) is 5.25 Å². The molecule has 0 aliphatic heterocycles. The molecule has 0 saturated heterocycles. The summed E-state index contributed by atoms with van der Waals surface area (Å²) >= 11 is 0. The van der Waals surface area contributed by atoms with E-state index in [9.17, 15) is 26.0 Å². The molecule has 1 aliphatic rings. The van der Waals surface area contributed by atoms with E-state index in [0.29, 0.717) is 6.42 Å². The van der Waals surface area contributed by atoms with Gasteiger partial charge in [0.1, 0.15) is 11.9 Å². The van der Waals surface area contributed by atoms with E-state index >= 15 is 0 Å². The second-order valence-corrected chi connectivity index (χ2v) is 6.09. The van der Waals surface area contributed by atoms with Crippen LogP contribution in [0.5, 0.6) is 0 Å². The number of rotatable bonds is 2. The quantitative estimate of drug-likeness (QED) is 0.702. The van der Waals surface area contributed by atoms with Gasteiger partial charge in [-0.3, -0.25) is 0 Å². The van der Waals surface area contributed by atoms with Crippen molar-refractivity contribution in [2.45, 2.75) is 43.3 Å². The first-order valence-corrected chi connectivity index (χ1v) is 6.34. The molecule has 0 radical (unpaired) electrons. The van der Waals surface area contributed by atoms with Crippen LogP contribution in [0.15, 0.2) is 0 Å². The largest absolute Gasteiger partial charge is 0.402 e. The molecule has 0 heterocycles. The molecule has 0 amide bonds. The molecule has 1 rings (SSSR count). The lowest BCUT2D eigenvalue weighted by Crippen LogP contribution is -2.35. The van der Waals surface area contributed by atoms with Crippen LogP contribution >= 0.6 is 0 Å². The van der Waals surface area contributed by atoms with Gasteiger partial charge in [0.25, 0.3) is 0 Å². The number of alkyl halides is 4. The van der Waals surface area contributed by atoms with Gasteiger partial charge in [0.15, 0.2) is 9.84 Å². The van der Waals surface area contributed by atoms with Crippen LogP contribution in [0.4, 0.5) is 17.6 Å². The van der Waals surface area contributed by atoms with Crippen LogP contribution in [0, 0.1) is 0 Å². The van der Waals surface area contributed by atoms with Crippen molar-refractivity contribution in [3.8, 4) is 0 Å². The van der Waals surface area contributed by atoms with Crippen LogP contribution in [-0.4, -0.2) is 31.8 Å². The van der Waals surface area contributed by atoms with Crippen molar-refractivity contribution in [1.82, 2.24) is 0 Å². The Hall–Kier alpha value is -0.330. The maximum Gasteiger partial charge on any atom is 0.402 e. The zero-order valence-corrected chi connectivity index (χ0v) is 8.74. The lowest BCUT2D eigenvalue weighted by molar-refractivity contribution is -0.106. The van der Waals surface area contributed by atoms with Crippen LogP contribution in [0.2, 0.25) is 0 Å². The first-order chi connectivity index (χ1) is 6.71. The highest BCUT2D eigenvalue weighted by Crippen LogP contribution is 2.29. The van der Waals surface area contributed by atoms with Crippen molar-refractivity contribution < 1.29 is 26.0 Å². The summed E-state index contributed by atoms with van der Waals surface area (Å²) in [6.07, 6.45) is -5.59. The summed E-state index contributed by atoms with van der Waals surface area (Å²) in [6.45, 7) is 0. The monoisotopic (exact) mass is 248 g/mol. The van der Waals surface area contributed by atoms with E-state index in [1.165, 1.54) is 0 Å². The number of halogens is 4. The third-order valence-corrected chi connectivity index (χ3v) is 4.61. The molecule has 1 saturated carbocycles. The van der Waals surface area contributed by atoms with Crippen molar-refractivity contribution in [2.24, 2.45) is 0 Å². The molecule has 0 aromatic heterocycles. The average molecular weight is 248 g/mol. The smallest absolute Gasteiger partial charge is 0.247 e. The fraction of sp³-hybridized carbons (Fsp3) is 1.00. The maximum atomic E-state index is 12.9. The van der Waals surface area contributed by atoms with E-state index < -0.39 is 33.2 Å². The second kappa shape index (κ2) is 4.27. The predicted molar refractivity (Wildman–Crippen MR) is 47.0 cm³/mol. The SMILES string of the molecule is O=S(=O)(CC(F)(F)F)C1CCCC(F)C1. The fourth-order valence-electron chi connectivity index (χ4n) is 1.76. The molecule has 15 heavy (non-hydrogen) atoms. The summed E-state index contributed by atoms with van der Waals surface area (Å²) in [6, 6.07) is 0. The lowest BCUT2D eigenvalue weighted by atomic mass is 9.98. The highest BCUT2D eigenvalue weighted by atomic mass is 32.2. The molecule has 0 bridgehead atoms. The minimum Gasteiger partial charge on any atom is -0.247 e. The molecular weight excluding hydrogens is 236 g/mol. The summed E-state index contributed by atoms with van der Waals surface area (Å²) < 4.78 is 71.2. The van der Waals surface area contributed by atoms with Gasteiger partial charge in [-0.2, -0.15) is 13.2 Å². The predicted octanol–water partition coefficient (Wildman–Crippen LogP) is 2.24. The maximum absolute atomic E-state index is 12.9. The van der Waals surface area contributed by atoms with Gasteiger partial charge in [-0.15, -0.1) is 0 Å². The van der Waals surface area contributed by atoms with Crippen LogP contribution < -0.4 is 0 Å². The summed E-state index contributed by atoms with van der Waals surface area (Å²) in [5, 5.41) is -1.16. The fourth-order valence-corrected chi connectivity index (χ4v) is 3.48. The minimum absolute atomic E-state index is 0.138. The van der Waals surface area contributed by atoms with Gasteiger partial charge < -0.3 is 0 Å². The van der Waals surface area contributed by atoms with Gasteiger partial charge in [-0.25, -0.2) is 12.8 Å². The number of hydrogen-bond acceptors (Lipinski definition) is 2. The zero-order valence-electron chi connectivity index (χ0n) is 7.93. The Kier molecular flexibility index (Phi) is 3.63. The third-order valence-electron chi connectivity index (χ3n) is 2.43. The lowest BCUT2D eigenvalue weighted by Gasteiger charge is -2.24. The van der Waals surface area contributed by atoms with Crippen molar-refractivity contribution >= 4 is 9.84 Å².